The lowest BCUT2D eigenvalue weighted by molar-refractivity contribution is 0.330. The minimum atomic E-state index is 0.283. The van der Waals surface area contributed by atoms with Crippen LogP contribution in [-0.4, -0.2) is 11.0 Å². The summed E-state index contributed by atoms with van der Waals surface area (Å²) in [6.45, 7) is 8.93. The highest BCUT2D eigenvalue weighted by Gasteiger charge is 2.07. The Hall–Kier alpha value is -1.81. The zero-order valence-corrected chi connectivity index (χ0v) is 11.9. The number of rotatable bonds is 5. The largest absolute Gasteiger partial charge is 0.417 e. The van der Waals surface area contributed by atoms with Crippen LogP contribution in [0.5, 0.6) is 11.8 Å². The molecule has 1 heterocycles. The average Bonchev–Trinajstić information content (AvgIpc) is 2.72. The van der Waals surface area contributed by atoms with Gasteiger partial charge in [-0.3, -0.25) is 0 Å². The second kappa shape index (κ2) is 5.89. The number of hydrogen-bond acceptors (Lipinski definition) is 4. The Balaban J connectivity index is 2.03. The van der Waals surface area contributed by atoms with Crippen LogP contribution in [0.15, 0.2) is 28.9 Å². The van der Waals surface area contributed by atoms with E-state index in [1.54, 1.807) is 6.26 Å². The standard InChI is InChI=1S/C15H20N2O2/c1-10(2)16-8-13-9-18-15(17-13)19-14-6-11(3)5-12(4)7-14/h5-7,9-10,16H,8H2,1-4H3. The van der Waals surface area contributed by atoms with Crippen LogP contribution in [0, 0.1) is 13.8 Å². The molecule has 19 heavy (non-hydrogen) atoms. The molecule has 0 unspecified atom stereocenters. The minimum Gasteiger partial charge on any atom is -0.417 e. The van der Waals surface area contributed by atoms with E-state index in [1.165, 1.54) is 0 Å². The van der Waals surface area contributed by atoms with Crippen LogP contribution in [0.1, 0.15) is 30.7 Å². The van der Waals surface area contributed by atoms with Crippen LogP contribution in [-0.2, 0) is 6.54 Å². The highest BCUT2D eigenvalue weighted by molar-refractivity contribution is 5.34. The van der Waals surface area contributed by atoms with Crippen molar-refractivity contribution in [3.8, 4) is 11.8 Å². The maximum Gasteiger partial charge on any atom is 0.399 e. The Kier molecular flexibility index (Phi) is 4.22. The van der Waals surface area contributed by atoms with Crippen molar-refractivity contribution in [2.45, 2.75) is 40.3 Å². The molecule has 0 bridgehead atoms. The molecular formula is C15H20N2O2. The predicted octanol–water partition coefficient (Wildman–Crippen LogP) is 3.58. The van der Waals surface area contributed by atoms with Crippen LogP contribution in [0.4, 0.5) is 0 Å². The second-order valence-electron chi connectivity index (χ2n) is 5.07. The van der Waals surface area contributed by atoms with Gasteiger partial charge in [0.2, 0.25) is 0 Å². The molecule has 0 atom stereocenters. The number of nitrogens with zero attached hydrogens (tertiary/aromatic N) is 1. The van der Waals surface area contributed by atoms with Crippen molar-refractivity contribution < 1.29 is 9.15 Å². The quantitative estimate of drug-likeness (QED) is 0.892. The Morgan fingerprint density at radius 3 is 2.53 bits per heavy atom. The van der Waals surface area contributed by atoms with Crippen molar-refractivity contribution in [3.05, 3.63) is 41.3 Å². The molecule has 4 nitrogen and oxygen atoms in total. The third-order valence-electron chi connectivity index (χ3n) is 2.62. The third-order valence-corrected chi connectivity index (χ3v) is 2.62. The van der Waals surface area contributed by atoms with E-state index in [2.05, 4.69) is 30.2 Å². The van der Waals surface area contributed by atoms with Crippen molar-refractivity contribution >= 4 is 0 Å². The number of ether oxygens (including phenoxy) is 1. The van der Waals surface area contributed by atoms with E-state index in [0.717, 1.165) is 22.6 Å². The molecule has 4 heteroatoms. The van der Waals surface area contributed by atoms with E-state index in [4.69, 9.17) is 9.15 Å². The summed E-state index contributed by atoms with van der Waals surface area (Å²) < 4.78 is 10.9. The van der Waals surface area contributed by atoms with E-state index >= 15 is 0 Å². The molecule has 2 aromatic rings. The van der Waals surface area contributed by atoms with Crippen molar-refractivity contribution in [1.29, 1.82) is 0 Å². The molecule has 0 spiro atoms. The molecule has 0 saturated carbocycles. The molecule has 0 fully saturated rings. The topological polar surface area (TPSA) is 47.3 Å². The molecule has 1 aromatic heterocycles. The first-order valence-electron chi connectivity index (χ1n) is 6.47. The van der Waals surface area contributed by atoms with Gasteiger partial charge in [0.15, 0.2) is 0 Å². The van der Waals surface area contributed by atoms with Gasteiger partial charge < -0.3 is 14.5 Å². The number of nitrogens with one attached hydrogen (secondary N) is 1. The van der Waals surface area contributed by atoms with Gasteiger partial charge in [0.25, 0.3) is 0 Å². The molecule has 0 aliphatic carbocycles. The Labute approximate surface area is 113 Å². The highest BCUT2D eigenvalue weighted by atomic mass is 16.6. The van der Waals surface area contributed by atoms with Gasteiger partial charge >= 0.3 is 6.08 Å². The summed E-state index contributed by atoms with van der Waals surface area (Å²) in [6, 6.07) is 6.44. The van der Waals surface area contributed by atoms with Crippen LogP contribution >= 0.6 is 0 Å². The summed E-state index contributed by atoms with van der Waals surface area (Å²) in [4.78, 5) is 4.29. The third kappa shape index (κ3) is 4.10. The lowest BCUT2D eigenvalue weighted by atomic mass is 10.1. The number of aromatic nitrogens is 1. The predicted molar refractivity (Wildman–Crippen MR) is 74.5 cm³/mol. The van der Waals surface area contributed by atoms with E-state index in [0.29, 0.717) is 12.6 Å². The van der Waals surface area contributed by atoms with Crippen LogP contribution in [0.3, 0.4) is 0 Å². The van der Waals surface area contributed by atoms with E-state index in [9.17, 15) is 0 Å². The van der Waals surface area contributed by atoms with Crippen LogP contribution in [0.25, 0.3) is 0 Å². The molecule has 102 valence electrons. The smallest absolute Gasteiger partial charge is 0.399 e. The summed E-state index contributed by atoms with van der Waals surface area (Å²) in [6.07, 6.45) is 1.90. The zero-order valence-electron chi connectivity index (χ0n) is 11.9. The van der Waals surface area contributed by atoms with Crippen molar-refractivity contribution in [3.63, 3.8) is 0 Å². The van der Waals surface area contributed by atoms with Gasteiger partial charge in [0.05, 0.1) is 5.69 Å². The van der Waals surface area contributed by atoms with Gasteiger partial charge in [-0.1, -0.05) is 19.9 Å². The zero-order chi connectivity index (χ0) is 13.8. The Bertz CT molecular complexity index is 527. The Morgan fingerprint density at radius 1 is 1.21 bits per heavy atom. The Morgan fingerprint density at radius 2 is 1.89 bits per heavy atom. The maximum absolute atomic E-state index is 5.62. The number of benzene rings is 1. The SMILES string of the molecule is Cc1cc(C)cc(Oc2nc(CNC(C)C)co2)c1. The summed E-state index contributed by atoms with van der Waals surface area (Å²) in [5.41, 5.74) is 3.15. The fraction of sp³-hybridized carbons (Fsp3) is 0.400. The molecule has 0 aliphatic heterocycles. The molecule has 0 radical (unpaired) electrons. The summed E-state index contributed by atoms with van der Waals surface area (Å²) >= 11 is 0. The van der Waals surface area contributed by atoms with Gasteiger partial charge in [-0.05, 0) is 37.1 Å². The van der Waals surface area contributed by atoms with Gasteiger partial charge in [0.1, 0.15) is 12.0 Å². The van der Waals surface area contributed by atoms with Gasteiger partial charge in [-0.25, -0.2) is 0 Å². The first-order valence-corrected chi connectivity index (χ1v) is 6.47. The van der Waals surface area contributed by atoms with Crippen LogP contribution in [0.2, 0.25) is 0 Å². The lowest BCUT2D eigenvalue weighted by Gasteiger charge is -2.04. The first kappa shape index (κ1) is 13.6. The monoisotopic (exact) mass is 260 g/mol. The van der Waals surface area contributed by atoms with Crippen LogP contribution < -0.4 is 10.1 Å². The van der Waals surface area contributed by atoms with E-state index < -0.39 is 0 Å². The molecule has 2 rings (SSSR count). The van der Waals surface area contributed by atoms with Gasteiger partial charge in [-0.15, -0.1) is 0 Å². The second-order valence-corrected chi connectivity index (χ2v) is 5.07. The van der Waals surface area contributed by atoms with Crippen molar-refractivity contribution in [2.24, 2.45) is 0 Å². The molecular weight excluding hydrogens is 240 g/mol. The van der Waals surface area contributed by atoms with E-state index in [1.807, 2.05) is 26.0 Å². The number of oxazole rings is 1. The van der Waals surface area contributed by atoms with Crippen molar-refractivity contribution in [2.75, 3.05) is 0 Å². The molecule has 0 saturated heterocycles. The normalized spacial score (nSPS) is 11.0. The maximum atomic E-state index is 5.62. The number of hydrogen-bond donors (Lipinski definition) is 1. The fourth-order valence-electron chi connectivity index (χ4n) is 1.82. The summed E-state index contributed by atoms with van der Waals surface area (Å²) in [5, 5.41) is 3.28. The average molecular weight is 260 g/mol. The van der Waals surface area contributed by atoms with Gasteiger partial charge in [0, 0.05) is 12.6 Å². The summed E-state index contributed by atoms with van der Waals surface area (Å²) in [7, 11) is 0. The minimum absolute atomic E-state index is 0.283. The molecule has 1 aromatic carbocycles. The fourth-order valence-corrected chi connectivity index (χ4v) is 1.82. The first-order chi connectivity index (χ1) is 9.02. The molecule has 1 N–H and O–H groups in total. The van der Waals surface area contributed by atoms with E-state index in [-0.39, 0.29) is 6.08 Å². The number of aryl methyl sites for hydroxylation is 2. The highest BCUT2D eigenvalue weighted by Crippen LogP contribution is 2.23. The molecule has 0 amide bonds. The molecule has 0 aliphatic rings. The van der Waals surface area contributed by atoms with Crippen molar-refractivity contribution in [1.82, 2.24) is 10.3 Å². The summed E-state index contributed by atoms with van der Waals surface area (Å²) in [5.74, 6) is 0.753. The lowest BCUT2D eigenvalue weighted by Crippen LogP contribution is -2.21. The van der Waals surface area contributed by atoms with Gasteiger partial charge in [-0.2, -0.15) is 4.98 Å².